The Bertz CT molecular complexity index is 462. The Balaban J connectivity index is 1.90. The van der Waals surface area contributed by atoms with Crippen molar-refractivity contribution in [2.75, 3.05) is 11.2 Å². The van der Waals surface area contributed by atoms with Gasteiger partial charge < -0.3 is 5.32 Å². The van der Waals surface area contributed by atoms with E-state index >= 15 is 0 Å². The highest BCUT2D eigenvalue weighted by Gasteiger charge is 1.97. The molecule has 0 saturated carbocycles. The number of rotatable bonds is 5. The van der Waals surface area contributed by atoms with E-state index in [2.05, 4.69) is 34.7 Å². The minimum atomic E-state index is 0.667. The van der Waals surface area contributed by atoms with Crippen molar-refractivity contribution in [2.45, 2.75) is 13.0 Å². The van der Waals surface area contributed by atoms with Gasteiger partial charge in [-0.05, 0) is 30.2 Å². The van der Waals surface area contributed by atoms with Gasteiger partial charge in [0, 0.05) is 24.8 Å². The predicted octanol–water partition coefficient (Wildman–Crippen LogP) is 2.81. The summed E-state index contributed by atoms with van der Waals surface area (Å²) in [4.78, 5) is 0. The lowest BCUT2D eigenvalue weighted by atomic mass is 10.1. The topological polar surface area (TPSA) is 29.9 Å². The van der Waals surface area contributed by atoms with Crippen molar-refractivity contribution in [1.29, 1.82) is 0 Å². The second-order valence-electron chi connectivity index (χ2n) is 3.97. The first-order chi connectivity index (χ1) is 8.28. The highest BCUT2D eigenvalue weighted by Crippen LogP contribution is 2.11. The number of alkyl halides is 1. The molecular weight excluding hydrogens is 234 g/mol. The van der Waals surface area contributed by atoms with Gasteiger partial charge in [-0.25, -0.2) is 0 Å². The van der Waals surface area contributed by atoms with Gasteiger partial charge >= 0.3 is 0 Å². The summed E-state index contributed by atoms with van der Waals surface area (Å²) in [5.74, 6) is 0.667. The minimum Gasteiger partial charge on any atom is -0.379 e. The van der Waals surface area contributed by atoms with Crippen molar-refractivity contribution in [3.05, 3.63) is 47.8 Å². The summed E-state index contributed by atoms with van der Waals surface area (Å²) in [6.07, 6.45) is 2.86. The van der Waals surface area contributed by atoms with Crippen LogP contribution in [0.1, 0.15) is 11.3 Å². The van der Waals surface area contributed by atoms with Gasteiger partial charge in [-0.2, -0.15) is 5.10 Å². The van der Waals surface area contributed by atoms with Gasteiger partial charge in [-0.1, -0.05) is 12.1 Å². The number of aromatic nitrogens is 2. The molecule has 0 unspecified atom stereocenters. The normalized spacial score (nSPS) is 10.5. The summed E-state index contributed by atoms with van der Waals surface area (Å²) < 4.78 is 1.81. The average molecular weight is 250 g/mol. The Morgan fingerprint density at radius 1 is 1.24 bits per heavy atom. The Morgan fingerprint density at radius 2 is 2.00 bits per heavy atom. The fourth-order valence-corrected chi connectivity index (χ4v) is 1.87. The molecule has 2 aromatic rings. The second-order valence-corrected chi connectivity index (χ2v) is 4.35. The Labute approximate surface area is 106 Å². The molecule has 1 aromatic carbocycles. The minimum absolute atomic E-state index is 0.667. The van der Waals surface area contributed by atoms with E-state index in [-0.39, 0.29) is 0 Å². The third-order valence-corrected chi connectivity index (χ3v) is 2.77. The van der Waals surface area contributed by atoms with Gasteiger partial charge in [0.2, 0.25) is 0 Å². The Hall–Kier alpha value is -1.48. The smallest absolute Gasteiger partial charge is 0.0815 e. The molecule has 90 valence electrons. The number of anilines is 1. The maximum absolute atomic E-state index is 5.69. The molecule has 1 aromatic heterocycles. The van der Waals surface area contributed by atoms with E-state index in [1.807, 2.05) is 19.3 Å². The molecule has 0 aliphatic heterocycles. The fraction of sp³-hybridized carbons (Fsp3) is 0.308. The van der Waals surface area contributed by atoms with E-state index in [0.29, 0.717) is 5.88 Å². The lowest BCUT2D eigenvalue weighted by molar-refractivity contribution is 0.747. The fourth-order valence-electron chi connectivity index (χ4n) is 1.65. The maximum Gasteiger partial charge on any atom is 0.0815 e. The molecule has 0 atom stereocenters. The molecule has 0 fully saturated rings. The second kappa shape index (κ2) is 5.73. The zero-order valence-electron chi connectivity index (χ0n) is 9.86. The van der Waals surface area contributed by atoms with Crippen molar-refractivity contribution >= 4 is 17.3 Å². The van der Waals surface area contributed by atoms with E-state index in [4.69, 9.17) is 11.6 Å². The van der Waals surface area contributed by atoms with Crippen LogP contribution in [0.3, 0.4) is 0 Å². The lowest BCUT2D eigenvalue weighted by Gasteiger charge is -2.05. The predicted molar refractivity (Wildman–Crippen MR) is 71.4 cm³/mol. The van der Waals surface area contributed by atoms with Crippen LogP contribution in [-0.4, -0.2) is 15.7 Å². The quantitative estimate of drug-likeness (QED) is 0.826. The molecule has 17 heavy (non-hydrogen) atoms. The summed E-state index contributed by atoms with van der Waals surface area (Å²) >= 11 is 5.69. The van der Waals surface area contributed by atoms with Crippen LogP contribution in [0.4, 0.5) is 5.69 Å². The first kappa shape index (κ1) is 12.0. The van der Waals surface area contributed by atoms with Gasteiger partial charge in [-0.3, -0.25) is 4.68 Å². The monoisotopic (exact) mass is 249 g/mol. The number of halogens is 1. The molecule has 1 N–H and O–H groups in total. The number of hydrogen-bond acceptors (Lipinski definition) is 2. The van der Waals surface area contributed by atoms with Crippen molar-refractivity contribution < 1.29 is 0 Å². The summed E-state index contributed by atoms with van der Waals surface area (Å²) in [7, 11) is 1.92. The molecule has 3 nitrogen and oxygen atoms in total. The zero-order chi connectivity index (χ0) is 12.1. The van der Waals surface area contributed by atoms with Crippen LogP contribution >= 0.6 is 11.6 Å². The molecule has 0 radical (unpaired) electrons. The molecule has 4 heteroatoms. The lowest BCUT2D eigenvalue weighted by Crippen LogP contribution is -2.01. The molecule has 1 heterocycles. The van der Waals surface area contributed by atoms with Crippen molar-refractivity contribution in [2.24, 2.45) is 7.05 Å². The number of benzene rings is 1. The molecule has 0 saturated heterocycles. The summed E-state index contributed by atoms with van der Waals surface area (Å²) in [6, 6.07) is 10.4. The van der Waals surface area contributed by atoms with Crippen molar-refractivity contribution in [1.82, 2.24) is 9.78 Å². The summed E-state index contributed by atoms with van der Waals surface area (Å²) in [5, 5.41) is 7.64. The van der Waals surface area contributed by atoms with Crippen LogP contribution in [0.5, 0.6) is 0 Å². The van der Waals surface area contributed by atoms with Gasteiger partial charge in [0.05, 0.1) is 12.2 Å². The van der Waals surface area contributed by atoms with Crippen LogP contribution in [-0.2, 0) is 20.0 Å². The summed E-state index contributed by atoms with van der Waals surface area (Å²) in [5.41, 5.74) is 3.41. The SMILES string of the molecule is Cn1ccc(CNc2ccc(CCCl)cc2)n1. The third kappa shape index (κ3) is 3.49. The van der Waals surface area contributed by atoms with Crippen LogP contribution in [0.15, 0.2) is 36.5 Å². The molecule has 0 bridgehead atoms. The molecule has 0 aliphatic carbocycles. The standard InChI is InChI=1S/C13H16ClN3/c1-17-9-7-13(16-17)10-15-12-4-2-11(3-5-12)6-8-14/h2-5,7,9,15H,6,8,10H2,1H3. The Morgan fingerprint density at radius 3 is 2.59 bits per heavy atom. The van der Waals surface area contributed by atoms with Crippen LogP contribution in [0, 0.1) is 0 Å². The van der Waals surface area contributed by atoms with Gasteiger partial charge in [0.15, 0.2) is 0 Å². The highest BCUT2D eigenvalue weighted by atomic mass is 35.5. The van der Waals surface area contributed by atoms with Gasteiger partial charge in [0.25, 0.3) is 0 Å². The van der Waals surface area contributed by atoms with Crippen LogP contribution in [0.2, 0.25) is 0 Å². The number of nitrogens with one attached hydrogen (secondary N) is 1. The molecule has 0 amide bonds. The highest BCUT2D eigenvalue weighted by molar-refractivity contribution is 6.17. The molecule has 2 rings (SSSR count). The van der Waals surface area contributed by atoms with Crippen LogP contribution in [0.25, 0.3) is 0 Å². The first-order valence-electron chi connectivity index (χ1n) is 5.65. The number of nitrogens with zero attached hydrogens (tertiary/aromatic N) is 2. The van der Waals surface area contributed by atoms with Gasteiger partial charge in [-0.15, -0.1) is 11.6 Å². The van der Waals surface area contributed by atoms with Crippen molar-refractivity contribution in [3.8, 4) is 0 Å². The first-order valence-corrected chi connectivity index (χ1v) is 6.18. The van der Waals surface area contributed by atoms with E-state index in [1.54, 1.807) is 4.68 Å². The molecule has 0 spiro atoms. The van der Waals surface area contributed by atoms with E-state index < -0.39 is 0 Å². The van der Waals surface area contributed by atoms with E-state index in [0.717, 1.165) is 24.3 Å². The summed E-state index contributed by atoms with van der Waals surface area (Å²) in [6.45, 7) is 0.746. The van der Waals surface area contributed by atoms with E-state index in [1.165, 1.54) is 5.56 Å². The number of aryl methyl sites for hydroxylation is 2. The maximum atomic E-state index is 5.69. The third-order valence-electron chi connectivity index (χ3n) is 2.58. The number of hydrogen-bond donors (Lipinski definition) is 1. The largest absolute Gasteiger partial charge is 0.379 e. The molecule has 0 aliphatic rings. The average Bonchev–Trinajstić information content (AvgIpc) is 2.75. The van der Waals surface area contributed by atoms with E-state index in [9.17, 15) is 0 Å². The molecular formula is C13H16ClN3. The zero-order valence-corrected chi connectivity index (χ0v) is 10.6. The van der Waals surface area contributed by atoms with Crippen LogP contribution < -0.4 is 5.32 Å². The Kier molecular flexibility index (Phi) is 4.04. The van der Waals surface area contributed by atoms with Gasteiger partial charge in [0.1, 0.15) is 0 Å². The van der Waals surface area contributed by atoms with Crippen molar-refractivity contribution in [3.63, 3.8) is 0 Å².